The van der Waals surface area contributed by atoms with Gasteiger partial charge >= 0.3 is 0 Å². The maximum atomic E-state index is 3.68. The van der Waals surface area contributed by atoms with Crippen molar-refractivity contribution in [3.05, 3.63) is 35.4 Å². The summed E-state index contributed by atoms with van der Waals surface area (Å²) in [5.41, 5.74) is 3.04. The predicted octanol–water partition coefficient (Wildman–Crippen LogP) is 2.96. The Morgan fingerprint density at radius 1 is 1.33 bits per heavy atom. The van der Waals surface area contributed by atoms with Gasteiger partial charge in [-0.2, -0.15) is 0 Å². The van der Waals surface area contributed by atoms with Crippen LogP contribution < -0.4 is 5.32 Å². The van der Waals surface area contributed by atoms with Gasteiger partial charge in [-0.15, -0.1) is 0 Å². The van der Waals surface area contributed by atoms with E-state index in [0.29, 0.717) is 6.04 Å². The molecule has 0 aromatic heterocycles. The van der Waals surface area contributed by atoms with Crippen molar-refractivity contribution in [3.8, 4) is 0 Å². The molecule has 2 nitrogen and oxygen atoms in total. The largest absolute Gasteiger partial charge is 0.309 e. The van der Waals surface area contributed by atoms with Crippen molar-refractivity contribution in [2.24, 2.45) is 0 Å². The van der Waals surface area contributed by atoms with Crippen LogP contribution in [0, 0.1) is 6.92 Å². The van der Waals surface area contributed by atoms with Gasteiger partial charge < -0.3 is 5.32 Å². The van der Waals surface area contributed by atoms with Crippen LogP contribution in [-0.2, 0) is 6.54 Å². The van der Waals surface area contributed by atoms with Gasteiger partial charge in [-0.1, -0.05) is 36.8 Å². The highest BCUT2D eigenvalue weighted by atomic mass is 15.2. The highest BCUT2D eigenvalue weighted by Crippen LogP contribution is 2.20. The number of nitrogens with one attached hydrogen (secondary N) is 1. The summed E-state index contributed by atoms with van der Waals surface area (Å²) in [5, 5.41) is 3.68. The summed E-state index contributed by atoms with van der Waals surface area (Å²) in [5.74, 6) is 0. The fourth-order valence-electron chi connectivity index (χ4n) is 2.56. The Kier molecular flexibility index (Phi) is 4.08. The monoisotopic (exact) mass is 246 g/mol. The van der Waals surface area contributed by atoms with Crippen molar-refractivity contribution in [2.45, 2.75) is 52.2 Å². The minimum Gasteiger partial charge on any atom is -0.309 e. The van der Waals surface area contributed by atoms with Gasteiger partial charge in [0.25, 0.3) is 0 Å². The maximum Gasteiger partial charge on any atom is 0.0278 e. The highest BCUT2D eigenvalue weighted by molar-refractivity contribution is 5.21. The Morgan fingerprint density at radius 2 is 2.00 bits per heavy atom. The highest BCUT2D eigenvalue weighted by Gasteiger charge is 2.32. The van der Waals surface area contributed by atoms with Crippen LogP contribution >= 0.6 is 0 Å². The molecule has 2 rings (SSSR count). The van der Waals surface area contributed by atoms with Crippen LogP contribution in [0.1, 0.15) is 38.3 Å². The van der Waals surface area contributed by atoms with Gasteiger partial charge in [0.2, 0.25) is 0 Å². The lowest BCUT2D eigenvalue weighted by atomic mass is 9.93. The molecule has 1 saturated heterocycles. The summed E-state index contributed by atoms with van der Waals surface area (Å²) in [6.45, 7) is 12.4. The third kappa shape index (κ3) is 3.12. The Morgan fingerprint density at radius 3 is 2.61 bits per heavy atom. The molecule has 1 aromatic rings. The van der Waals surface area contributed by atoms with Crippen LogP contribution in [0.15, 0.2) is 24.3 Å². The van der Waals surface area contributed by atoms with Crippen LogP contribution in [0.25, 0.3) is 0 Å². The van der Waals surface area contributed by atoms with E-state index in [1.165, 1.54) is 17.5 Å². The topological polar surface area (TPSA) is 15.3 Å². The molecule has 1 N–H and O–H groups in total. The van der Waals surface area contributed by atoms with Crippen molar-refractivity contribution in [3.63, 3.8) is 0 Å². The van der Waals surface area contributed by atoms with Crippen molar-refractivity contribution in [1.29, 1.82) is 0 Å². The van der Waals surface area contributed by atoms with E-state index in [1.54, 1.807) is 0 Å². The summed E-state index contributed by atoms with van der Waals surface area (Å²) in [7, 11) is 0. The Balaban J connectivity index is 2.04. The summed E-state index contributed by atoms with van der Waals surface area (Å²) in [4.78, 5) is 2.60. The van der Waals surface area contributed by atoms with Crippen LogP contribution in [-0.4, -0.2) is 29.6 Å². The van der Waals surface area contributed by atoms with E-state index in [2.05, 4.69) is 62.2 Å². The summed E-state index contributed by atoms with van der Waals surface area (Å²) in [6.07, 6.45) is 1.18. The number of hydrogen-bond donors (Lipinski definition) is 1. The first-order valence-electron chi connectivity index (χ1n) is 7.07. The number of nitrogens with zero attached hydrogens (tertiary/aromatic N) is 1. The van der Waals surface area contributed by atoms with Crippen LogP contribution in [0.3, 0.4) is 0 Å². The van der Waals surface area contributed by atoms with Gasteiger partial charge in [0.1, 0.15) is 0 Å². The first-order valence-corrected chi connectivity index (χ1v) is 7.07. The molecule has 0 saturated carbocycles. The van der Waals surface area contributed by atoms with Gasteiger partial charge in [-0.05, 0) is 32.8 Å². The van der Waals surface area contributed by atoms with E-state index in [9.17, 15) is 0 Å². The maximum absolute atomic E-state index is 3.68. The minimum absolute atomic E-state index is 0.275. The predicted molar refractivity (Wildman–Crippen MR) is 77.7 cm³/mol. The number of piperazine rings is 1. The normalized spacial score (nSPS) is 29.4. The SMILES string of the molecule is CCC1(C)CN(Cc2ccc(C)cc2)C(C)CN1. The van der Waals surface area contributed by atoms with Crippen molar-refractivity contribution < 1.29 is 0 Å². The van der Waals surface area contributed by atoms with Crippen LogP contribution in [0.4, 0.5) is 0 Å². The summed E-state index contributed by atoms with van der Waals surface area (Å²) < 4.78 is 0. The average Bonchev–Trinajstić information content (AvgIpc) is 2.37. The molecule has 2 atom stereocenters. The molecule has 2 heteroatoms. The zero-order chi connectivity index (χ0) is 13.2. The van der Waals surface area contributed by atoms with E-state index >= 15 is 0 Å². The standard InChI is InChI=1S/C16H26N2/c1-5-16(4)12-18(14(3)10-17-16)11-15-8-6-13(2)7-9-15/h6-9,14,17H,5,10-12H2,1-4H3. The molecule has 0 aliphatic carbocycles. The first kappa shape index (κ1) is 13.6. The van der Waals surface area contributed by atoms with Gasteiger partial charge in [-0.3, -0.25) is 4.90 Å². The zero-order valence-corrected chi connectivity index (χ0v) is 12.2. The number of hydrogen-bond acceptors (Lipinski definition) is 2. The molecule has 2 unspecified atom stereocenters. The molecular weight excluding hydrogens is 220 g/mol. The fraction of sp³-hybridized carbons (Fsp3) is 0.625. The Labute approximate surface area is 111 Å². The van der Waals surface area contributed by atoms with Gasteiger partial charge in [0, 0.05) is 31.2 Å². The van der Waals surface area contributed by atoms with E-state index in [0.717, 1.165) is 19.6 Å². The van der Waals surface area contributed by atoms with Crippen LogP contribution in [0.2, 0.25) is 0 Å². The first-order chi connectivity index (χ1) is 8.52. The smallest absolute Gasteiger partial charge is 0.0278 e. The lowest BCUT2D eigenvalue weighted by Crippen LogP contribution is -2.61. The van der Waals surface area contributed by atoms with Crippen LogP contribution in [0.5, 0.6) is 0 Å². The van der Waals surface area contributed by atoms with Crippen molar-refractivity contribution in [1.82, 2.24) is 10.2 Å². The van der Waals surface area contributed by atoms with Gasteiger partial charge in [0.05, 0.1) is 0 Å². The molecule has 1 aliphatic rings. The second kappa shape index (κ2) is 5.41. The fourth-order valence-corrected chi connectivity index (χ4v) is 2.56. The lowest BCUT2D eigenvalue weighted by molar-refractivity contribution is 0.0866. The molecule has 1 heterocycles. The molecular formula is C16H26N2. The Hall–Kier alpha value is -0.860. The molecule has 0 bridgehead atoms. The average molecular weight is 246 g/mol. The number of rotatable bonds is 3. The van der Waals surface area contributed by atoms with Crippen molar-refractivity contribution >= 4 is 0 Å². The second-order valence-corrected chi connectivity index (χ2v) is 6.03. The van der Waals surface area contributed by atoms with E-state index in [4.69, 9.17) is 0 Å². The molecule has 0 radical (unpaired) electrons. The van der Waals surface area contributed by atoms with E-state index in [-0.39, 0.29) is 5.54 Å². The van der Waals surface area contributed by atoms with Gasteiger partial charge in [0.15, 0.2) is 0 Å². The summed E-state index contributed by atoms with van der Waals surface area (Å²) in [6, 6.07) is 9.55. The zero-order valence-electron chi connectivity index (χ0n) is 12.2. The molecule has 100 valence electrons. The molecule has 1 fully saturated rings. The quantitative estimate of drug-likeness (QED) is 0.882. The molecule has 1 aliphatic heterocycles. The molecule has 18 heavy (non-hydrogen) atoms. The van der Waals surface area contributed by atoms with E-state index in [1.807, 2.05) is 0 Å². The number of aryl methyl sites for hydroxylation is 1. The second-order valence-electron chi connectivity index (χ2n) is 6.03. The molecule has 1 aromatic carbocycles. The van der Waals surface area contributed by atoms with Crippen molar-refractivity contribution in [2.75, 3.05) is 13.1 Å². The minimum atomic E-state index is 0.275. The molecule has 0 amide bonds. The van der Waals surface area contributed by atoms with E-state index < -0.39 is 0 Å². The third-order valence-corrected chi connectivity index (χ3v) is 4.29. The molecule has 0 spiro atoms. The number of benzene rings is 1. The Bertz CT molecular complexity index is 385. The lowest BCUT2D eigenvalue weighted by Gasteiger charge is -2.45. The van der Waals surface area contributed by atoms with Gasteiger partial charge in [-0.25, -0.2) is 0 Å². The summed E-state index contributed by atoms with van der Waals surface area (Å²) >= 11 is 0. The third-order valence-electron chi connectivity index (χ3n) is 4.29.